The van der Waals surface area contributed by atoms with Gasteiger partial charge in [0.25, 0.3) is 0 Å². The van der Waals surface area contributed by atoms with Crippen LogP contribution in [0.15, 0.2) is 182 Å². The summed E-state index contributed by atoms with van der Waals surface area (Å²) in [4.78, 5) is 13.4. The van der Waals surface area contributed by atoms with Gasteiger partial charge in [-0.15, -0.1) is 0 Å². The number of ether oxygens (including phenoxy) is 6. The molecule has 3 aliphatic rings. The standard InChI is InChI=1S/C80H125NO18/c1-3-5-7-9-11-13-15-17-19-20-21-22-23-24-25-26-27-28-29-30-31-32-33-34-35-36-37-38-39-40-41-42-44-46-48-50-52-54-56-58-68(86)81-63(64(85)57-55-53-51-49-47-45-43-18-16-14-12-10-8-6-4-2)62-94-78-74(92)71(89)76(66(60-83)96-78)99-80-75(93)72(90)77(67(61-84)97-80)98-79-73(91)70(88)69(87)65(59-82)95-79/h5,7,11,13,16-19,21-22,24-25,27-28,30-31,33-34,36-37,39-40,42,44,47-50,55,57,63-67,69-80,82-85,87-93H,3-4,6,8-10,12,14-15,20,23,26,29,32,35,38,41,43,45-46,51-54,56,58-62H2,1-2H3,(H,81,86)/b7-5-,13-11-,18-16+,19-17-,22-21-,25-24-,28-27-,31-30-,34-33-,37-36-,40-39-,44-42-,49-47+,50-48-,57-55+. The molecule has 0 bridgehead atoms. The third kappa shape index (κ3) is 39.2. The Labute approximate surface area is 591 Å². The molecule has 3 rings (SSSR count). The van der Waals surface area contributed by atoms with Crippen molar-refractivity contribution in [3.05, 3.63) is 182 Å². The minimum Gasteiger partial charge on any atom is -0.394 e. The number of hydrogen-bond acceptors (Lipinski definition) is 18. The van der Waals surface area contributed by atoms with E-state index in [4.69, 9.17) is 28.4 Å². The lowest BCUT2D eigenvalue weighted by Crippen LogP contribution is -2.66. The molecule has 3 heterocycles. The summed E-state index contributed by atoms with van der Waals surface area (Å²) < 4.78 is 34.3. The molecule has 17 atom stereocenters. The molecule has 0 aromatic rings. The Balaban J connectivity index is 1.40. The summed E-state index contributed by atoms with van der Waals surface area (Å²) in [5.41, 5.74) is 0. The van der Waals surface area contributed by atoms with Crippen molar-refractivity contribution in [3.63, 3.8) is 0 Å². The first-order valence-corrected chi connectivity index (χ1v) is 36.5. The zero-order valence-electron chi connectivity index (χ0n) is 59.1. The molecule has 99 heavy (non-hydrogen) atoms. The van der Waals surface area contributed by atoms with Crippen molar-refractivity contribution in [2.24, 2.45) is 0 Å². The first kappa shape index (κ1) is 88.1. The Morgan fingerprint density at radius 1 is 0.374 bits per heavy atom. The summed E-state index contributed by atoms with van der Waals surface area (Å²) in [5, 5.41) is 120. The van der Waals surface area contributed by atoms with Gasteiger partial charge in [0.15, 0.2) is 18.9 Å². The number of carbonyl (C=O) groups is 1. The van der Waals surface area contributed by atoms with Crippen molar-refractivity contribution in [2.75, 3.05) is 26.4 Å². The number of nitrogens with one attached hydrogen (secondary N) is 1. The Morgan fingerprint density at radius 2 is 0.707 bits per heavy atom. The third-order valence-corrected chi connectivity index (χ3v) is 16.7. The first-order valence-electron chi connectivity index (χ1n) is 36.5. The Morgan fingerprint density at radius 3 is 1.12 bits per heavy atom. The maximum absolute atomic E-state index is 13.4. The van der Waals surface area contributed by atoms with Crippen LogP contribution >= 0.6 is 0 Å². The summed E-state index contributed by atoms with van der Waals surface area (Å²) in [6.45, 7) is 1.50. The third-order valence-electron chi connectivity index (χ3n) is 16.7. The van der Waals surface area contributed by atoms with Crippen LogP contribution in [-0.2, 0) is 33.2 Å². The van der Waals surface area contributed by atoms with Gasteiger partial charge in [-0.25, -0.2) is 0 Å². The van der Waals surface area contributed by atoms with Crippen molar-refractivity contribution in [2.45, 2.75) is 285 Å². The highest BCUT2D eigenvalue weighted by atomic mass is 16.8. The van der Waals surface area contributed by atoms with E-state index < -0.39 is 131 Å². The van der Waals surface area contributed by atoms with E-state index in [1.165, 1.54) is 32.1 Å². The summed E-state index contributed by atoms with van der Waals surface area (Å²) >= 11 is 0. The maximum Gasteiger partial charge on any atom is 0.220 e. The molecule has 0 aromatic heterocycles. The highest BCUT2D eigenvalue weighted by Crippen LogP contribution is 2.33. The van der Waals surface area contributed by atoms with Gasteiger partial charge in [-0.1, -0.05) is 222 Å². The van der Waals surface area contributed by atoms with Crippen LogP contribution in [0.5, 0.6) is 0 Å². The smallest absolute Gasteiger partial charge is 0.220 e. The summed E-state index contributed by atoms with van der Waals surface area (Å²) in [6, 6.07) is -1.03. The average molecular weight is 1390 g/mol. The highest BCUT2D eigenvalue weighted by Gasteiger charge is 2.53. The van der Waals surface area contributed by atoms with E-state index in [-0.39, 0.29) is 12.3 Å². The first-order chi connectivity index (χ1) is 48.3. The van der Waals surface area contributed by atoms with Crippen molar-refractivity contribution in [3.8, 4) is 0 Å². The van der Waals surface area contributed by atoms with Crippen molar-refractivity contribution >= 4 is 5.91 Å². The van der Waals surface area contributed by atoms with Crippen LogP contribution in [0.2, 0.25) is 0 Å². The topological polar surface area (TPSA) is 307 Å². The maximum atomic E-state index is 13.4. The molecule has 17 unspecified atom stereocenters. The molecule has 0 aliphatic carbocycles. The monoisotopic (exact) mass is 1390 g/mol. The number of aliphatic hydroxyl groups excluding tert-OH is 11. The molecule has 0 aromatic carbocycles. The molecule has 3 saturated heterocycles. The molecule has 3 aliphatic heterocycles. The van der Waals surface area contributed by atoms with Crippen molar-refractivity contribution in [1.29, 1.82) is 0 Å². The van der Waals surface area contributed by atoms with Crippen molar-refractivity contribution in [1.82, 2.24) is 5.32 Å². The van der Waals surface area contributed by atoms with Gasteiger partial charge in [-0.05, 0) is 135 Å². The Hall–Kier alpha value is -5.11. The number of amides is 1. The molecule has 558 valence electrons. The average Bonchev–Trinajstić information content (AvgIpc) is 0.784. The number of hydrogen-bond donors (Lipinski definition) is 12. The second-order valence-electron chi connectivity index (χ2n) is 24.9. The second kappa shape index (κ2) is 58.4. The van der Waals surface area contributed by atoms with E-state index in [0.29, 0.717) is 12.8 Å². The van der Waals surface area contributed by atoms with Gasteiger partial charge in [-0.2, -0.15) is 0 Å². The zero-order valence-corrected chi connectivity index (χ0v) is 59.1. The number of unbranched alkanes of at least 4 members (excludes halogenated alkanes) is 9. The van der Waals surface area contributed by atoms with E-state index in [9.17, 15) is 61.0 Å². The van der Waals surface area contributed by atoms with Crippen LogP contribution in [0.25, 0.3) is 0 Å². The molecule has 0 spiro atoms. The molecule has 19 nitrogen and oxygen atoms in total. The van der Waals surface area contributed by atoms with Gasteiger partial charge >= 0.3 is 0 Å². The van der Waals surface area contributed by atoms with E-state index in [0.717, 1.165) is 116 Å². The minimum atomic E-state index is -2.00. The van der Waals surface area contributed by atoms with E-state index >= 15 is 0 Å². The SMILES string of the molecule is CC/C=C\C/C=C\C/C=C\C/C=C\C/C=C\C/C=C\C/C=C\C/C=C\C/C=C\C/C=C\C/C=C\C/C=C\CCCCC(=O)NC(COC1OC(CO)C(OC2OC(CO)C(OC3OC(CO)C(O)C(O)C3O)C(O)C2O)C(O)C1O)C(O)/C=C/CC/C=C/CC/C=C/CCCCCCC. The summed E-state index contributed by atoms with van der Waals surface area (Å²) in [6.07, 6.45) is 61.7. The van der Waals surface area contributed by atoms with Gasteiger partial charge in [0.1, 0.15) is 73.2 Å². The fourth-order valence-electron chi connectivity index (χ4n) is 10.8. The lowest BCUT2D eigenvalue weighted by atomic mass is 9.96. The predicted octanol–water partition coefficient (Wildman–Crippen LogP) is 10.8. The predicted molar refractivity (Wildman–Crippen MR) is 391 cm³/mol. The number of carbonyl (C=O) groups excluding carboxylic acids is 1. The summed E-state index contributed by atoms with van der Waals surface area (Å²) in [7, 11) is 0. The van der Waals surface area contributed by atoms with Crippen LogP contribution in [0.3, 0.4) is 0 Å². The van der Waals surface area contributed by atoms with Crippen LogP contribution < -0.4 is 5.32 Å². The molecule has 12 N–H and O–H groups in total. The lowest BCUT2D eigenvalue weighted by Gasteiger charge is -2.48. The summed E-state index contributed by atoms with van der Waals surface area (Å²) in [5.74, 6) is -0.341. The fourth-order valence-corrected chi connectivity index (χ4v) is 10.8. The van der Waals surface area contributed by atoms with Gasteiger partial charge in [0.2, 0.25) is 5.91 Å². The van der Waals surface area contributed by atoms with Crippen LogP contribution in [-0.4, -0.2) is 193 Å². The van der Waals surface area contributed by atoms with Gasteiger partial charge in [-0.3, -0.25) is 4.79 Å². The molecular weight excluding hydrogens is 1260 g/mol. The van der Waals surface area contributed by atoms with Gasteiger partial charge in [0, 0.05) is 6.42 Å². The van der Waals surface area contributed by atoms with Crippen LogP contribution in [0, 0.1) is 0 Å². The van der Waals surface area contributed by atoms with Crippen LogP contribution in [0.4, 0.5) is 0 Å². The fraction of sp³-hybridized carbons (Fsp3) is 0.613. The largest absolute Gasteiger partial charge is 0.394 e. The van der Waals surface area contributed by atoms with Crippen molar-refractivity contribution < 1.29 is 89.4 Å². The van der Waals surface area contributed by atoms with E-state index in [1.54, 1.807) is 6.08 Å². The number of allylic oxidation sites excluding steroid dienone is 29. The normalized spacial score (nSPS) is 27.7. The zero-order chi connectivity index (χ0) is 71.8. The molecule has 1 amide bonds. The lowest BCUT2D eigenvalue weighted by molar-refractivity contribution is -0.379. The molecule has 0 radical (unpaired) electrons. The van der Waals surface area contributed by atoms with E-state index in [2.05, 4.69) is 189 Å². The second-order valence-corrected chi connectivity index (χ2v) is 24.9. The van der Waals surface area contributed by atoms with Crippen LogP contribution in [0.1, 0.15) is 181 Å². The molecule has 19 heteroatoms. The molecule has 3 fully saturated rings. The minimum absolute atomic E-state index is 0.163. The Kier molecular flexibility index (Phi) is 52.0. The molecular formula is C80H125NO18. The highest BCUT2D eigenvalue weighted by molar-refractivity contribution is 5.76. The Bertz CT molecular complexity index is 2510. The number of rotatable bonds is 53. The quantitative estimate of drug-likeness (QED) is 0.0199. The molecule has 0 saturated carbocycles. The number of aliphatic hydroxyl groups is 11. The van der Waals surface area contributed by atoms with Gasteiger partial charge in [0.05, 0.1) is 38.6 Å². The van der Waals surface area contributed by atoms with E-state index in [1.807, 2.05) is 6.08 Å². The van der Waals surface area contributed by atoms with Gasteiger partial charge < -0.3 is 89.9 Å².